The van der Waals surface area contributed by atoms with Gasteiger partial charge in [-0.05, 0) is 30.3 Å². The predicted octanol–water partition coefficient (Wildman–Crippen LogP) is 3.58. The standard InChI is InChI=1S/C26H22N4O10/c1-37-19-12-11-18(22(38-2)23(19)39-3)21-20-24(40-28(21)16-5-4-6-17(13-16)30(35)36)26(32)27(25(20)31)14-7-9-15(10-8-14)29(33)34/h4-13,20-21,24H,1-3H3/t20-,21+,24-/m0/s1. The van der Waals surface area contributed by atoms with Gasteiger partial charge in [0, 0.05) is 29.8 Å². The lowest BCUT2D eigenvalue weighted by atomic mass is 9.89. The van der Waals surface area contributed by atoms with Crippen molar-refractivity contribution in [3.63, 3.8) is 0 Å². The third kappa shape index (κ3) is 4.10. The van der Waals surface area contributed by atoms with Crippen molar-refractivity contribution in [3.05, 3.63) is 86.5 Å². The second kappa shape index (κ2) is 10.1. The Kier molecular flexibility index (Phi) is 6.69. The quantitative estimate of drug-likeness (QED) is 0.229. The molecule has 0 unspecified atom stereocenters. The molecule has 3 aromatic carbocycles. The number of fused-ring (bicyclic) bond motifs is 1. The van der Waals surface area contributed by atoms with Gasteiger partial charge in [0.05, 0.1) is 42.6 Å². The van der Waals surface area contributed by atoms with E-state index in [-0.39, 0.29) is 34.2 Å². The third-order valence-corrected chi connectivity index (χ3v) is 6.78. The van der Waals surface area contributed by atoms with Crippen LogP contribution in [0.25, 0.3) is 0 Å². The van der Waals surface area contributed by atoms with Gasteiger partial charge in [-0.25, -0.2) is 9.96 Å². The van der Waals surface area contributed by atoms with Crippen molar-refractivity contribution in [1.82, 2.24) is 0 Å². The molecule has 5 rings (SSSR count). The summed E-state index contributed by atoms with van der Waals surface area (Å²) in [6.45, 7) is 0. The number of anilines is 2. The second-order valence-corrected chi connectivity index (χ2v) is 8.81. The zero-order valence-electron chi connectivity index (χ0n) is 21.4. The van der Waals surface area contributed by atoms with Crippen molar-refractivity contribution < 1.29 is 38.5 Å². The predicted molar refractivity (Wildman–Crippen MR) is 138 cm³/mol. The molecule has 3 atom stereocenters. The van der Waals surface area contributed by atoms with E-state index >= 15 is 0 Å². The van der Waals surface area contributed by atoms with Crippen molar-refractivity contribution in [3.8, 4) is 17.2 Å². The summed E-state index contributed by atoms with van der Waals surface area (Å²) in [6, 6.07) is 12.8. The number of carbonyl (C=O) groups is 2. The number of nitrogens with zero attached hydrogens (tertiary/aromatic N) is 4. The van der Waals surface area contributed by atoms with Crippen LogP contribution < -0.4 is 24.2 Å². The molecule has 0 aliphatic carbocycles. The van der Waals surface area contributed by atoms with Gasteiger partial charge >= 0.3 is 0 Å². The molecule has 0 N–H and O–H groups in total. The molecule has 0 spiro atoms. The van der Waals surface area contributed by atoms with Crippen LogP contribution in [0.2, 0.25) is 0 Å². The molecule has 0 bridgehead atoms. The first-order valence-corrected chi connectivity index (χ1v) is 11.8. The van der Waals surface area contributed by atoms with Crippen molar-refractivity contribution in [1.29, 1.82) is 0 Å². The van der Waals surface area contributed by atoms with Gasteiger partial charge in [0.2, 0.25) is 11.7 Å². The van der Waals surface area contributed by atoms with E-state index in [1.165, 1.54) is 68.9 Å². The summed E-state index contributed by atoms with van der Waals surface area (Å²) in [5, 5.41) is 23.8. The van der Waals surface area contributed by atoms with E-state index < -0.39 is 39.7 Å². The molecule has 40 heavy (non-hydrogen) atoms. The van der Waals surface area contributed by atoms with E-state index in [0.29, 0.717) is 11.3 Å². The largest absolute Gasteiger partial charge is 0.493 e. The minimum Gasteiger partial charge on any atom is -0.493 e. The van der Waals surface area contributed by atoms with Gasteiger partial charge in [0.1, 0.15) is 12.0 Å². The van der Waals surface area contributed by atoms with Gasteiger partial charge in [-0.3, -0.25) is 34.7 Å². The number of non-ortho nitro benzene ring substituents is 2. The number of hydrogen-bond donors (Lipinski definition) is 0. The van der Waals surface area contributed by atoms with E-state index in [4.69, 9.17) is 19.0 Å². The van der Waals surface area contributed by atoms with Crippen LogP contribution in [0, 0.1) is 26.1 Å². The fourth-order valence-corrected chi connectivity index (χ4v) is 5.03. The summed E-state index contributed by atoms with van der Waals surface area (Å²) in [5.74, 6) is -1.65. The number of nitro benzene ring substituents is 2. The zero-order valence-corrected chi connectivity index (χ0v) is 21.4. The topological polar surface area (TPSA) is 164 Å². The molecule has 3 aromatic rings. The number of methoxy groups -OCH3 is 3. The van der Waals surface area contributed by atoms with Crippen molar-refractivity contribution in [2.24, 2.45) is 5.92 Å². The van der Waals surface area contributed by atoms with Crippen molar-refractivity contribution in [2.75, 3.05) is 31.3 Å². The number of amides is 2. The molecule has 2 aliphatic rings. The Hall–Kier alpha value is -5.24. The minimum absolute atomic E-state index is 0.138. The van der Waals surface area contributed by atoms with Crippen LogP contribution in [0.1, 0.15) is 11.6 Å². The maximum Gasteiger partial charge on any atom is 0.271 e. The number of rotatable bonds is 8. The zero-order chi connectivity index (χ0) is 28.7. The highest BCUT2D eigenvalue weighted by Crippen LogP contribution is 2.52. The Morgan fingerprint density at radius 3 is 2.05 bits per heavy atom. The number of benzene rings is 3. The Morgan fingerprint density at radius 1 is 0.775 bits per heavy atom. The SMILES string of the molecule is COc1ccc([C@@H]2[C@@H]3C(=O)N(c4ccc([N+](=O)[O-])cc4)C(=O)[C@H]3ON2c2cccc([N+](=O)[O-])c2)c(OC)c1OC. The molecule has 2 amide bonds. The van der Waals surface area contributed by atoms with Crippen LogP contribution in [0.4, 0.5) is 22.7 Å². The first-order valence-electron chi connectivity index (χ1n) is 11.8. The average molecular weight is 550 g/mol. The third-order valence-electron chi connectivity index (χ3n) is 6.78. The van der Waals surface area contributed by atoms with E-state index in [0.717, 1.165) is 4.90 Å². The molecule has 2 saturated heterocycles. The Balaban J connectivity index is 1.65. The normalized spacial score (nSPS) is 19.9. The van der Waals surface area contributed by atoms with E-state index in [1.54, 1.807) is 18.2 Å². The highest BCUT2D eigenvalue weighted by atomic mass is 16.7. The summed E-state index contributed by atoms with van der Waals surface area (Å²) < 4.78 is 16.5. The van der Waals surface area contributed by atoms with Crippen LogP contribution in [0.5, 0.6) is 17.2 Å². The highest BCUT2D eigenvalue weighted by molar-refractivity contribution is 6.24. The van der Waals surface area contributed by atoms with Gasteiger partial charge in [0.15, 0.2) is 17.6 Å². The Labute approximate surface area is 226 Å². The van der Waals surface area contributed by atoms with Crippen LogP contribution in [-0.4, -0.2) is 49.1 Å². The molecule has 14 heteroatoms. The van der Waals surface area contributed by atoms with Crippen LogP contribution in [0.15, 0.2) is 60.7 Å². The molecule has 2 fully saturated rings. The monoisotopic (exact) mass is 550 g/mol. The fourth-order valence-electron chi connectivity index (χ4n) is 5.03. The summed E-state index contributed by atoms with van der Waals surface area (Å²) >= 11 is 0. The Morgan fingerprint density at radius 2 is 1.45 bits per heavy atom. The number of hydroxylamine groups is 1. The highest BCUT2D eigenvalue weighted by Gasteiger charge is 2.61. The number of carbonyl (C=O) groups excluding carboxylic acids is 2. The van der Waals surface area contributed by atoms with Gasteiger partial charge in [-0.1, -0.05) is 6.07 Å². The van der Waals surface area contributed by atoms with Gasteiger partial charge in [0.25, 0.3) is 17.3 Å². The minimum atomic E-state index is -1.30. The number of nitro groups is 2. The molecule has 0 aromatic heterocycles. The molecule has 2 heterocycles. The lowest BCUT2D eigenvalue weighted by Crippen LogP contribution is -2.37. The lowest BCUT2D eigenvalue weighted by molar-refractivity contribution is -0.385. The maximum atomic E-state index is 13.9. The summed E-state index contributed by atoms with van der Waals surface area (Å²) in [4.78, 5) is 55.8. The summed E-state index contributed by atoms with van der Waals surface area (Å²) in [5.41, 5.74) is 0.336. The molecule has 0 saturated carbocycles. The van der Waals surface area contributed by atoms with E-state index in [9.17, 15) is 29.8 Å². The number of hydrogen-bond acceptors (Lipinski definition) is 11. The summed E-state index contributed by atoms with van der Waals surface area (Å²) in [7, 11) is 4.26. The van der Waals surface area contributed by atoms with Crippen molar-refractivity contribution >= 4 is 34.6 Å². The Bertz CT molecular complexity index is 1530. The van der Waals surface area contributed by atoms with E-state index in [1.807, 2.05) is 0 Å². The number of ether oxygens (including phenoxy) is 3. The second-order valence-electron chi connectivity index (χ2n) is 8.81. The van der Waals surface area contributed by atoms with Crippen LogP contribution >= 0.6 is 0 Å². The summed E-state index contributed by atoms with van der Waals surface area (Å²) in [6.07, 6.45) is -1.30. The first kappa shape index (κ1) is 26.4. The van der Waals surface area contributed by atoms with E-state index in [2.05, 4.69) is 0 Å². The van der Waals surface area contributed by atoms with Crippen LogP contribution in [-0.2, 0) is 14.4 Å². The lowest BCUT2D eigenvalue weighted by Gasteiger charge is -2.30. The fraction of sp³-hybridized carbons (Fsp3) is 0.231. The average Bonchev–Trinajstić information content (AvgIpc) is 3.47. The van der Waals surface area contributed by atoms with Gasteiger partial charge in [-0.2, -0.15) is 0 Å². The molecular formula is C26H22N4O10. The van der Waals surface area contributed by atoms with Crippen molar-refractivity contribution in [2.45, 2.75) is 12.1 Å². The van der Waals surface area contributed by atoms with Crippen LogP contribution in [0.3, 0.4) is 0 Å². The first-order chi connectivity index (χ1) is 19.2. The molecule has 14 nitrogen and oxygen atoms in total. The molecule has 0 radical (unpaired) electrons. The maximum absolute atomic E-state index is 13.9. The molecular weight excluding hydrogens is 528 g/mol. The van der Waals surface area contributed by atoms with Gasteiger partial charge < -0.3 is 14.2 Å². The smallest absolute Gasteiger partial charge is 0.271 e. The number of imide groups is 1. The molecule has 2 aliphatic heterocycles. The molecule has 206 valence electrons. The van der Waals surface area contributed by atoms with Gasteiger partial charge in [-0.15, -0.1) is 0 Å².